The number of nitrogens with zero attached hydrogens (tertiary/aromatic N) is 2. The van der Waals surface area contributed by atoms with Crippen molar-refractivity contribution >= 4 is 34.8 Å². The minimum atomic E-state index is -0.868. The summed E-state index contributed by atoms with van der Waals surface area (Å²) in [5, 5.41) is -0.485. The van der Waals surface area contributed by atoms with Gasteiger partial charge < -0.3 is 0 Å². The zero-order chi connectivity index (χ0) is 13.3. The van der Waals surface area contributed by atoms with Crippen molar-refractivity contribution in [3.8, 4) is 0 Å². The highest BCUT2D eigenvalue weighted by molar-refractivity contribution is 6.33. The Bertz CT molecular complexity index is 582. The first kappa shape index (κ1) is 13.5. The average Bonchev–Trinajstić information content (AvgIpc) is 2.29. The van der Waals surface area contributed by atoms with Gasteiger partial charge in [-0.3, -0.25) is 0 Å². The fourth-order valence-corrected chi connectivity index (χ4v) is 2.01. The van der Waals surface area contributed by atoms with Crippen LogP contribution in [0.3, 0.4) is 0 Å². The molecular weight excluding hydrogens is 304 g/mol. The van der Waals surface area contributed by atoms with Crippen LogP contribution in [0.2, 0.25) is 15.3 Å². The predicted octanol–water partition coefficient (Wildman–Crippen LogP) is 4.31. The third kappa shape index (κ3) is 2.88. The number of halogens is 5. The predicted molar refractivity (Wildman–Crippen MR) is 66.2 cm³/mol. The zero-order valence-corrected chi connectivity index (χ0v) is 11.0. The maximum absolute atomic E-state index is 13.1. The molecule has 0 N–H and O–H groups in total. The molecule has 2 aromatic rings. The largest absolute Gasteiger partial charge is 0.218 e. The van der Waals surface area contributed by atoms with Crippen molar-refractivity contribution in [2.24, 2.45) is 0 Å². The minimum Gasteiger partial charge on any atom is -0.218 e. The highest BCUT2D eigenvalue weighted by Crippen LogP contribution is 2.23. The van der Waals surface area contributed by atoms with Gasteiger partial charge in [-0.1, -0.05) is 40.9 Å². The quantitative estimate of drug-likeness (QED) is 0.773. The van der Waals surface area contributed by atoms with Crippen LogP contribution in [-0.2, 0) is 6.42 Å². The molecule has 0 aliphatic carbocycles. The first-order chi connectivity index (χ1) is 8.47. The lowest BCUT2D eigenvalue weighted by molar-refractivity contribution is 0.610. The number of aromatic nitrogens is 2. The number of benzene rings is 1. The van der Waals surface area contributed by atoms with Crippen molar-refractivity contribution in [1.29, 1.82) is 0 Å². The molecular formula is C11H5Cl3F2N2. The average molecular weight is 310 g/mol. The first-order valence-electron chi connectivity index (χ1n) is 4.78. The van der Waals surface area contributed by atoms with Crippen LogP contribution in [0.4, 0.5) is 8.78 Å². The summed E-state index contributed by atoms with van der Waals surface area (Å²) in [5.74, 6) is -1.10. The number of rotatable bonds is 2. The van der Waals surface area contributed by atoms with Crippen LogP contribution in [0.15, 0.2) is 18.2 Å². The molecule has 0 radical (unpaired) electrons. The molecule has 0 bridgehead atoms. The van der Waals surface area contributed by atoms with E-state index < -0.39 is 11.6 Å². The molecule has 0 aliphatic rings. The van der Waals surface area contributed by atoms with Gasteiger partial charge in [0.25, 0.3) is 0 Å². The lowest BCUT2D eigenvalue weighted by Gasteiger charge is -2.05. The van der Waals surface area contributed by atoms with Gasteiger partial charge in [-0.25, -0.2) is 18.7 Å². The summed E-state index contributed by atoms with van der Waals surface area (Å²) in [4.78, 5) is 7.47. The van der Waals surface area contributed by atoms with Gasteiger partial charge in [0.1, 0.15) is 11.6 Å². The Morgan fingerprint density at radius 1 is 1.00 bits per heavy atom. The van der Waals surface area contributed by atoms with E-state index in [-0.39, 0.29) is 27.6 Å². The maximum Gasteiger partial charge on any atom is 0.197 e. The van der Waals surface area contributed by atoms with Crippen molar-refractivity contribution in [1.82, 2.24) is 9.97 Å². The van der Waals surface area contributed by atoms with Crippen LogP contribution in [0, 0.1) is 11.6 Å². The van der Waals surface area contributed by atoms with Crippen LogP contribution in [0.25, 0.3) is 0 Å². The lowest BCUT2D eigenvalue weighted by Crippen LogP contribution is -2.00. The normalized spacial score (nSPS) is 10.7. The molecule has 7 heteroatoms. The van der Waals surface area contributed by atoms with Gasteiger partial charge in [-0.15, -0.1) is 0 Å². The first-order valence-corrected chi connectivity index (χ1v) is 5.92. The Hall–Kier alpha value is -0.970. The van der Waals surface area contributed by atoms with Crippen molar-refractivity contribution < 1.29 is 8.78 Å². The van der Waals surface area contributed by atoms with Gasteiger partial charge in [-0.2, -0.15) is 0 Å². The Balaban J connectivity index is 2.34. The number of hydrogen-bond acceptors (Lipinski definition) is 2. The lowest BCUT2D eigenvalue weighted by atomic mass is 10.1. The highest BCUT2D eigenvalue weighted by atomic mass is 35.5. The second-order valence-corrected chi connectivity index (χ2v) is 4.57. The molecule has 1 aromatic heterocycles. The molecule has 2 nitrogen and oxygen atoms in total. The minimum absolute atomic E-state index is 0.179. The van der Waals surface area contributed by atoms with E-state index in [2.05, 4.69) is 9.97 Å². The summed E-state index contributed by atoms with van der Waals surface area (Å²) < 4.78 is 26.0. The van der Waals surface area contributed by atoms with Gasteiger partial charge in [0, 0.05) is 11.4 Å². The fourth-order valence-electron chi connectivity index (χ4n) is 1.35. The molecule has 1 aromatic carbocycles. The van der Waals surface area contributed by atoms with Gasteiger partial charge in [-0.05, 0) is 17.7 Å². The Kier molecular flexibility index (Phi) is 4.00. The monoisotopic (exact) mass is 308 g/mol. The van der Waals surface area contributed by atoms with Crippen LogP contribution >= 0.6 is 34.8 Å². The van der Waals surface area contributed by atoms with Crippen molar-refractivity contribution in [2.45, 2.75) is 6.42 Å². The molecule has 0 atom stereocenters. The summed E-state index contributed by atoms with van der Waals surface area (Å²) in [6.45, 7) is 0. The van der Waals surface area contributed by atoms with Crippen LogP contribution in [-0.4, -0.2) is 9.97 Å². The third-order valence-electron chi connectivity index (χ3n) is 2.18. The second-order valence-electron chi connectivity index (χ2n) is 3.45. The molecule has 94 valence electrons. The smallest absolute Gasteiger partial charge is 0.197 e. The molecule has 0 fully saturated rings. The third-order valence-corrected chi connectivity index (χ3v) is 3.03. The van der Waals surface area contributed by atoms with E-state index in [0.29, 0.717) is 5.56 Å². The molecule has 0 unspecified atom stereocenters. The van der Waals surface area contributed by atoms with E-state index in [0.717, 1.165) is 0 Å². The van der Waals surface area contributed by atoms with Gasteiger partial charge >= 0.3 is 0 Å². The van der Waals surface area contributed by atoms with E-state index in [9.17, 15) is 8.78 Å². The SMILES string of the molecule is Fc1ccc(Cc2nc(Cl)c(F)c(Cl)n2)c(Cl)c1. The summed E-state index contributed by atoms with van der Waals surface area (Å²) in [5.41, 5.74) is 0.594. The van der Waals surface area contributed by atoms with Gasteiger partial charge in [0.15, 0.2) is 16.1 Å². The molecule has 0 spiro atoms. The molecule has 0 aliphatic heterocycles. The van der Waals surface area contributed by atoms with Crippen molar-refractivity contribution in [2.75, 3.05) is 0 Å². The summed E-state index contributed by atoms with van der Waals surface area (Å²) in [7, 11) is 0. The molecule has 18 heavy (non-hydrogen) atoms. The molecule has 0 saturated heterocycles. The topological polar surface area (TPSA) is 25.8 Å². The van der Waals surface area contributed by atoms with E-state index in [1.165, 1.54) is 18.2 Å². The van der Waals surface area contributed by atoms with E-state index >= 15 is 0 Å². The Morgan fingerprint density at radius 2 is 1.61 bits per heavy atom. The van der Waals surface area contributed by atoms with Gasteiger partial charge in [0.05, 0.1) is 0 Å². The van der Waals surface area contributed by atoms with Crippen LogP contribution < -0.4 is 0 Å². The fraction of sp³-hybridized carbons (Fsp3) is 0.0909. The maximum atomic E-state index is 13.1. The number of hydrogen-bond donors (Lipinski definition) is 0. The summed E-state index contributed by atoms with van der Waals surface area (Å²) in [6, 6.07) is 3.92. The Morgan fingerprint density at radius 3 is 2.17 bits per heavy atom. The van der Waals surface area contributed by atoms with Gasteiger partial charge in [0.2, 0.25) is 0 Å². The highest BCUT2D eigenvalue weighted by Gasteiger charge is 2.12. The Labute approximate surface area is 117 Å². The summed E-state index contributed by atoms with van der Waals surface area (Å²) >= 11 is 16.9. The zero-order valence-electron chi connectivity index (χ0n) is 8.72. The molecule has 1 heterocycles. The van der Waals surface area contributed by atoms with Crippen molar-refractivity contribution in [3.63, 3.8) is 0 Å². The van der Waals surface area contributed by atoms with E-state index in [1.54, 1.807) is 0 Å². The van der Waals surface area contributed by atoms with Crippen molar-refractivity contribution in [3.05, 3.63) is 56.6 Å². The second kappa shape index (κ2) is 5.34. The van der Waals surface area contributed by atoms with Crippen LogP contribution in [0.5, 0.6) is 0 Å². The molecule has 2 rings (SSSR count). The molecule has 0 amide bonds. The van der Waals surface area contributed by atoms with Crippen LogP contribution in [0.1, 0.15) is 11.4 Å². The van der Waals surface area contributed by atoms with E-state index in [4.69, 9.17) is 34.8 Å². The summed E-state index contributed by atoms with van der Waals surface area (Å²) in [6.07, 6.45) is 0.179. The molecule has 0 saturated carbocycles. The van der Waals surface area contributed by atoms with E-state index in [1.807, 2.05) is 0 Å². The standard InChI is InChI=1S/C11H5Cl3F2N2/c12-7-4-6(15)2-1-5(7)3-8-17-10(13)9(16)11(14)18-8/h1-2,4H,3H2.